The van der Waals surface area contributed by atoms with Crippen LogP contribution in [0.3, 0.4) is 0 Å². The fourth-order valence-electron chi connectivity index (χ4n) is 2.25. The number of hydrogen-bond donors (Lipinski definition) is 0. The van der Waals surface area contributed by atoms with Crippen molar-refractivity contribution in [1.82, 2.24) is 0 Å². The van der Waals surface area contributed by atoms with Crippen molar-refractivity contribution in [3.63, 3.8) is 0 Å². The zero-order valence-electron chi connectivity index (χ0n) is 12.4. The molecule has 0 bridgehead atoms. The number of halogens is 1. The maximum atomic E-state index is 6.47. The van der Waals surface area contributed by atoms with Crippen molar-refractivity contribution < 1.29 is 9.15 Å². The van der Waals surface area contributed by atoms with E-state index in [4.69, 9.17) is 20.8 Å². The van der Waals surface area contributed by atoms with E-state index in [1.807, 2.05) is 31.2 Å². The Bertz CT molecular complexity index is 555. The number of rotatable bonds is 5. The Balaban J connectivity index is 2.25. The monoisotopic (exact) mass is 292 g/mol. The fourth-order valence-corrected chi connectivity index (χ4v) is 2.82. The van der Waals surface area contributed by atoms with Crippen LogP contribution in [0, 0.1) is 12.8 Å². The van der Waals surface area contributed by atoms with E-state index < -0.39 is 0 Å². The molecule has 1 heterocycles. The molecule has 20 heavy (non-hydrogen) atoms. The second kappa shape index (κ2) is 6.36. The van der Waals surface area contributed by atoms with Gasteiger partial charge in [-0.3, -0.25) is 0 Å². The number of aryl methyl sites for hydroxylation is 1. The lowest BCUT2D eigenvalue weighted by Gasteiger charge is -2.10. The molecular formula is C17H21ClO2. The van der Waals surface area contributed by atoms with Crippen LogP contribution in [0.4, 0.5) is 0 Å². The molecule has 0 amide bonds. The fraction of sp³-hybridized carbons (Fsp3) is 0.412. The van der Waals surface area contributed by atoms with E-state index in [-0.39, 0.29) is 5.38 Å². The lowest BCUT2D eigenvalue weighted by molar-refractivity contribution is 0.415. The van der Waals surface area contributed by atoms with Gasteiger partial charge in [-0.1, -0.05) is 13.8 Å². The SMILES string of the molecule is COc1ccc(-c2cc(C(Cl)CC(C)C)c(C)o2)cc1. The van der Waals surface area contributed by atoms with Gasteiger partial charge in [0.05, 0.1) is 12.5 Å². The minimum Gasteiger partial charge on any atom is -0.497 e. The number of ether oxygens (including phenoxy) is 1. The summed E-state index contributed by atoms with van der Waals surface area (Å²) in [6.07, 6.45) is 0.948. The van der Waals surface area contributed by atoms with E-state index in [1.165, 1.54) is 0 Å². The number of methoxy groups -OCH3 is 1. The third kappa shape index (κ3) is 3.37. The van der Waals surface area contributed by atoms with Crippen molar-refractivity contribution in [2.24, 2.45) is 5.92 Å². The molecule has 1 aromatic carbocycles. The smallest absolute Gasteiger partial charge is 0.134 e. The van der Waals surface area contributed by atoms with Crippen molar-refractivity contribution in [1.29, 1.82) is 0 Å². The standard InChI is InChI=1S/C17H21ClO2/c1-11(2)9-16(18)15-10-17(20-12(15)3)13-5-7-14(19-4)8-6-13/h5-8,10-11,16H,9H2,1-4H3. The van der Waals surface area contributed by atoms with Crippen molar-refractivity contribution in [3.05, 3.63) is 41.7 Å². The molecular weight excluding hydrogens is 272 g/mol. The first-order valence-electron chi connectivity index (χ1n) is 6.90. The van der Waals surface area contributed by atoms with Crippen LogP contribution >= 0.6 is 11.6 Å². The molecule has 2 nitrogen and oxygen atoms in total. The molecule has 1 atom stereocenters. The normalized spacial score (nSPS) is 12.7. The first kappa shape index (κ1) is 15.0. The lowest BCUT2D eigenvalue weighted by Crippen LogP contribution is -1.96. The number of hydrogen-bond acceptors (Lipinski definition) is 2. The van der Waals surface area contributed by atoms with Crippen molar-refractivity contribution >= 4 is 11.6 Å². The Morgan fingerprint density at radius 3 is 2.40 bits per heavy atom. The molecule has 0 saturated carbocycles. The average molecular weight is 293 g/mol. The Morgan fingerprint density at radius 1 is 1.20 bits per heavy atom. The van der Waals surface area contributed by atoms with Gasteiger partial charge in [0.1, 0.15) is 17.3 Å². The maximum Gasteiger partial charge on any atom is 0.134 e. The van der Waals surface area contributed by atoms with Crippen LogP contribution in [0.15, 0.2) is 34.7 Å². The van der Waals surface area contributed by atoms with Gasteiger partial charge >= 0.3 is 0 Å². The van der Waals surface area contributed by atoms with Crippen LogP contribution in [-0.4, -0.2) is 7.11 Å². The highest BCUT2D eigenvalue weighted by atomic mass is 35.5. The molecule has 2 rings (SSSR count). The summed E-state index contributed by atoms with van der Waals surface area (Å²) >= 11 is 6.47. The van der Waals surface area contributed by atoms with Gasteiger partial charge in [-0.15, -0.1) is 11.6 Å². The summed E-state index contributed by atoms with van der Waals surface area (Å²) in [7, 11) is 1.66. The first-order valence-corrected chi connectivity index (χ1v) is 7.33. The van der Waals surface area contributed by atoms with Crippen molar-refractivity contribution in [3.8, 4) is 17.1 Å². The van der Waals surface area contributed by atoms with Gasteiger partial charge in [-0.25, -0.2) is 0 Å². The molecule has 3 heteroatoms. The molecule has 108 valence electrons. The highest BCUT2D eigenvalue weighted by Crippen LogP contribution is 2.35. The number of benzene rings is 1. The van der Waals surface area contributed by atoms with Crippen LogP contribution in [0.5, 0.6) is 5.75 Å². The van der Waals surface area contributed by atoms with E-state index >= 15 is 0 Å². The van der Waals surface area contributed by atoms with Gasteiger partial charge in [0.25, 0.3) is 0 Å². The summed E-state index contributed by atoms with van der Waals surface area (Å²) in [4.78, 5) is 0. The largest absolute Gasteiger partial charge is 0.497 e. The minimum absolute atomic E-state index is 0.00532. The Morgan fingerprint density at radius 2 is 1.85 bits per heavy atom. The molecule has 1 aromatic heterocycles. The third-order valence-electron chi connectivity index (χ3n) is 3.35. The molecule has 0 N–H and O–H groups in total. The number of alkyl halides is 1. The predicted octanol–water partition coefficient (Wildman–Crippen LogP) is 5.59. The predicted molar refractivity (Wildman–Crippen MR) is 83.5 cm³/mol. The highest BCUT2D eigenvalue weighted by molar-refractivity contribution is 6.20. The van der Waals surface area contributed by atoms with Crippen LogP contribution in [0.25, 0.3) is 11.3 Å². The second-order valence-corrected chi connectivity index (χ2v) is 5.97. The van der Waals surface area contributed by atoms with E-state index in [9.17, 15) is 0 Å². The zero-order chi connectivity index (χ0) is 14.7. The number of furan rings is 1. The summed E-state index contributed by atoms with van der Waals surface area (Å²) < 4.78 is 11.0. The summed E-state index contributed by atoms with van der Waals surface area (Å²) in [5.41, 5.74) is 2.12. The van der Waals surface area contributed by atoms with Crippen LogP contribution in [0.2, 0.25) is 0 Å². The van der Waals surface area contributed by atoms with Gasteiger partial charge in [0, 0.05) is 11.1 Å². The van der Waals surface area contributed by atoms with Crippen LogP contribution in [0.1, 0.15) is 37.0 Å². The minimum atomic E-state index is 0.00532. The molecule has 1 unspecified atom stereocenters. The molecule has 0 radical (unpaired) electrons. The Labute approximate surface area is 125 Å². The summed E-state index contributed by atoms with van der Waals surface area (Å²) in [6.45, 7) is 6.32. The summed E-state index contributed by atoms with van der Waals surface area (Å²) in [5, 5.41) is 0.00532. The highest BCUT2D eigenvalue weighted by Gasteiger charge is 2.17. The van der Waals surface area contributed by atoms with Gasteiger partial charge in [-0.05, 0) is 49.6 Å². The second-order valence-electron chi connectivity index (χ2n) is 5.45. The van der Waals surface area contributed by atoms with Gasteiger partial charge in [-0.2, -0.15) is 0 Å². The van der Waals surface area contributed by atoms with E-state index in [0.717, 1.165) is 34.8 Å². The van der Waals surface area contributed by atoms with E-state index in [1.54, 1.807) is 7.11 Å². The first-order chi connectivity index (χ1) is 9.51. The Hall–Kier alpha value is -1.41. The molecule has 0 fully saturated rings. The quantitative estimate of drug-likeness (QED) is 0.670. The summed E-state index contributed by atoms with van der Waals surface area (Å²) in [5.74, 6) is 3.16. The lowest BCUT2D eigenvalue weighted by atomic mass is 10.0. The molecule has 0 aliphatic carbocycles. The van der Waals surface area contributed by atoms with Gasteiger partial charge < -0.3 is 9.15 Å². The average Bonchev–Trinajstić information content (AvgIpc) is 2.80. The van der Waals surface area contributed by atoms with Crippen LogP contribution < -0.4 is 4.74 Å². The Kier molecular flexibility index (Phi) is 4.77. The van der Waals surface area contributed by atoms with Crippen molar-refractivity contribution in [2.75, 3.05) is 7.11 Å². The summed E-state index contributed by atoms with van der Waals surface area (Å²) in [6, 6.07) is 9.90. The van der Waals surface area contributed by atoms with Crippen molar-refractivity contribution in [2.45, 2.75) is 32.6 Å². The van der Waals surface area contributed by atoms with Crippen LogP contribution in [-0.2, 0) is 0 Å². The molecule has 0 saturated heterocycles. The molecule has 0 aliphatic heterocycles. The van der Waals surface area contributed by atoms with Gasteiger partial charge in [0.2, 0.25) is 0 Å². The topological polar surface area (TPSA) is 22.4 Å². The third-order valence-corrected chi connectivity index (χ3v) is 3.76. The molecule has 2 aromatic rings. The maximum absolute atomic E-state index is 6.47. The molecule has 0 aliphatic rings. The van der Waals surface area contributed by atoms with Gasteiger partial charge in [0.15, 0.2) is 0 Å². The zero-order valence-corrected chi connectivity index (χ0v) is 13.2. The molecule has 0 spiro atoms. The van der Waals surface area contributed by atoms with E-state index in [2.05, 4.69) is 19.9 Å². The van der Waals surface area contributed by atoms with E-state index in [0.29, 0.717) is 5.92 Å².